The highest BCUT2D eigenvalue weighted by molar-refractivity contribution is 6.05. The number of carboxylic acids is 2. The van der Waals surface area contributed by atoms with E-state index in [0.29, 0.717) is 12.2 Å². The summed E-state index contributed by atoms with van der Waals surface area (Å²) in [5.74, 6) is -2.44. The van der Waals surface area contributed by atoms with Gasteiger partial charge in [0.2, 0.25) is 0 Å². The maximum atomic E-state index is 11.2. The Morgan fingerprint density at radius 1 is 1.22 bits per heavy atom. The first kappa shape index (κ1) is 14.0. The Bertz CT molecular complexity index is 456. The molecule has 1 aromatic carbocycles. The minimum Gasteiger partial charge on any atom is -0.478 e. The molecule has 0 saturated carbocycles. The fourth-order valence-electron chi connectivity index (χ4n) is 1.78. The molecule has 0 saturated heterocycles. The van der Waals surface area contributed by atoms with Gasteiger partial charge in [0.25, 0.3) is 0 Å². The Labute approximate surface area is 106 Å². The van der Waals surface area contributed by atoms with Crippen molar-refractivity contribution in [3.63, 3.8) is 0 Å². The van der Waals surface area contributed by atoms with Crippen LogP contribution >= 0.6 is 0 Å². The lowest BCUT2D eigenvalue weighted by Crippen LogP contribution is -2.22. The molecule has 0 unspecified atom stereocenters. The maximum absolute atomic E-state index is 11.2. The van der Waals surface area contributed by atoms with Crippen molar-refractivity contribution in [1.82, 2.24) is 0 Å². The van der Waals surface area contributed by atoms with Gasteiger partial charge in [0.15, 0.2) is 0 Å². The van der Waals surface area contributed by atoms with Crippen LogP contribution in [0.25, 0.3) is 0 Å². The zero-order chi connectivity index (χ0) is 13.7. The molecule has 2 N–H and O–H groups in total. The number of aromatic carboxylic acids is 2. The number of benzene rings is 1. The molecule has 0 aromatic heterocycles. The first-order valence-electron chi connectivity index (χ1n) is 5.79. The quantitative estimate of drug-likeness (QED) is 0.811. The largest absolute Gasteiger partial charge is 0.478 e. The van der Waals surface area contributed by atoms with Gasteiger partial charge < -0.3 is 15.1 Å². The lowest BCUT2D eigenvalue weighted by atomic mass is 10.0. The van der Waals surface area contributed by atoms with Gasteiger partial charge >= 0.3 is 11.9 Å². The monoisotopic (exact) mass is 251 g/mol. The Morgan fingerprint density at radius 2 is 1.89 bits per heavy atom. The molecule has 0 spiro atoms. The highest BCUT2D eigenvalue weighted by atomic mass is 16.4. The maximum Gasteiger partial charge on any atom is 0.338 e. The van der Waals surface area contributed by atoms with Gasteiger partial charge in [-0.25, -0.2) is 9.59 Å². The van der Waals surface area contributed by atoms with Crippen molar-refractivity contribution in [2.75, 3.05) is 18.5 Å². The molecule has 0 bridgehead atoms. The molecule has 98 valence electrons. The number of hydrogen-bond donors (Lipinski definition) is 2. The second kappa shape index (κ2) is 6.05. The normalized spacial score (nSPS) is 10.1. The lowest BCUT2D eigenvalue weighted by Gasteiger charge is -2.21. The molecule has 0 aliphatic rings. The number of anilines is 1. The molecule has 1 aromatic rings. The molecule has 18 heavy (non-hydrogen) atoms. The number of hydrogen-bond acceptors (Lipinski definition) is 3. The van der Waals surface area contributed by atoms with Crippen LogP contribution in [0.15, 0.2) is 18.2 Å². The van der Waals surface area contributed by atoms with Crippen molar-refractivity contribution in [3.05, 3.63) is 29.3 Å². The summed E-state index contributed by atoms with van der Waals surface area (Å²) in [7, 11) is 1.77. The lowest BCUT2D eigenvalue weighted by molar-refractivity contribution is 0.0652. The molecular formula is C13H17NO4. The predicted octanol–water partition coefficient (Wildman–Crippen LogP) is 2.32. The van der Waals surface area contributed by atoms with E-state index in [2.05, 4.69) is 0 Å². The second-order valence-electron chi connectivity index (χ2n) is 4.09. The minimum atomic E-state index is -1.22. The molecule has 0 amide bonds. The van der Waals surface area contributed by atoms with Crippen LogP contribution in [0.5, 0.6) is 0 Å². The van der Waals surface area contributed by atoms with Gasteiger partial charge in [-0.2, -0.15) is 0 Å². The van der Waals surface area contributed by atoms with Gasteiger partial charge in [-0.1, -0.05) is 19.4 Å². The smallest absolute Gasteiger partial charge is 0.338 e. The van der Waals surface area contributed by atoms with Gasteiger partial charge in [-0.15, -0.1) is 0 Å². The van der Waals surface area contributed by atoms with Gasteiger partial charge in [-0.3, -0.25) is 0 Å². The van der Waals surface area contributed by atoms with E-state index < -0.39 is 11.9 Å². The van der Waals surface area contributed by atoms with E-state index in [4.69, 9.17) is 5.11 Å². The molecule has 0 radical (unpaired) electrons. The third kappa shape index (κ3) is 3.00. The molecule has 0 aliphatic heterocycles. The Hall–Kier alpha value is -2.04. The van der Waals surface area contributed by atoms with Gasteiger partial charge in [0, 0.05) is 13.6 Å². The van der Waals surface area contributed by atoms with Crippen molar-refractivity contribution >= 4 is 17.6 Å². The summed E-state index contributed by atoms with van der Waals surface area (Å²) < 4.78 is 0. The van der Waals surface area contributed by atoms with Crippen molar-refractivity contribution in [3.8, 4) is 0 Å². The summed E-state index contributed by atoms with van der Waals surface area (Å²) in [5, 5.41) is 18.2. The van der Waals surface area contributed by atoms with E-state index in [-0.39, 0.29) is 11.1 Å². The molecular weight excluding hydrogens is 234 g/mol. The molecule has 0 fully saturated rings. The third-order valence-corrected chi connectivity index (χ3v) is 2.75. The van der Waals surface area contributed by atoms with Crippen LogP contribution in [0.4, 0.5) is 5.69 Å². The number of unbranched alkanes of at least 4 members (excludes halogenated alkanes) is 1. The molecule has 0 atom stereocenters. The van der Waals surface area contributed by atoms with Crippen molar-refractivity contribution in [2.24, 2.45) is 0 Å². The SMILES string of the molecule is CCCCN(C)c1cccc(C(=O)O)c1C(=O)O. The summed E-state index contributed by atoms with van der Waals surface area (Å²) in [6.07, 6.45) is 1.91. The third-order valence-electron chi connectivity index (χ3n) is 2.75. The number of rotatable bonds is 6. The van der Waals surface area contributed by atoms with Crippen molar-refractivity contribution in [2.45, 2.75) is 19.8 Å². The predicted molar refractivity (Wildman–Crippen MR) is 68.5 cm³/mol. The van der Waals surface area contributed by atoms with E-state index >= 15 is 0 Å². The average Bonchev–Trinajstić information content (AvgIpc) is 2.34. The highest BCUT2D eigenvalue weighted by Gasteiger charge is 2.21. The zero-order valence-corrected chi connectivity index (χ0v) is 10.5. The molecule has 5 heteroatoms. The van der Waals surface area contributed by atoms with Crippen LogP contribution in [-0.4, -0.2) is 35.7 Å². The summed E-state index contributed by atoms with van der Waals surface area (Å²) in [6, 6.07) is 4.50. The highest BCUT2D eigenvalue weighted by Crippen LogP contribution is 2.23. The Balaban J connectivity index is 3.22. The van der Waals surface area contributed by atoms with Crippen molar-refractivity contribution in [1.29, 1.82) is 0 Å². The molecule has 0 aliphatic carbocycles. The summed E-state index contributed by atoms with van der Waals surface area (Å²) in [5.41, 5.74) is 0.114. The number of carbonyl (C=O) groups is 2. The van der Waals surface area contributed by atoms with E-state index in [9.17, 15) is 14.7 Å². The molecule has 1 rings (SSSR count). The van der Waals surface area contributed by atoms with Crippen LogP contribution in [-0.2, 0) is 0 Å². The second-order valence-corrected chi connectivity index (χ2v) is 4.09. The minimum absolute atomic E-state index is 0.149. The zero-order valence-electron chi connectivity index (χ0n) is 10.5. The van der Waals surface area contributed by atoms with E-state index in [1.54, 1.807) is 24.1 Å². The number of nitrogens with zero attached hydrogens (tertiary/aromatic N) is 1. The van der Waals surface area contributed by atoms with Crippen LogP contribution in [0, 0.1) is 0 Å². The van der Waals surface area contributed by atoms with E-state index in [0.717, 1.165) is 12.8 Å². The summed E-state index contributed by atoms with van der Waals surface area (Å²) >= 11 is 0. The number of carboxylic acid groups (broad SMARTS) is 2. The first-order chi connectivity index (χ1) is 8.49. The van der Waals surface area contributed by atoms with Gasteiger partial charge in [-0.05, 0) is 18.6 Å². The van der Waals surface area contributed by atoms with Gasteiger partial charge in [0.1, 0.15) is 0 Å². The summed E-state index contributed by atoms with van der Waals surface area (Å²) in [4.78, 5) is 24.0. The molecule has 5 nitrogen and oxygen atoms in total. The molecule has 0 heterocycles. The fraction of sp³-hybridized carbons (Fsp3) is 0.385. The van der Waals surface area contributed by atoms with Crippen molar-refractivity contribution < 1.29 is 19.8 Å². The fourth-order valence-corrected chi connectivity index (χ4v) is 1.78. The van der Waals surface area contributed by atoms with Crippen LogP contribution in [0.1, 0.15) is 40.5 Å². The Kier molecular flexibility index (Phi) is 4.71. The van der Waals surface area contributed by atoms with Crippen LogP contribution in [0.2, 0.25) is 0 Å². The summed E-state index contributed by atoms with van der Waals surface area (Å²) in [6.45, 7) is 2.74. The van der Waals surface area contributed by atoms with E-state index in [1.165, 1.54) is 6.07 Å². The van der Waals surface area contributed by atoms with Crippen LogP contribution in [0.3, 0.4) is 0 Å². The van der Waals surface area contributed by atoms with Gasteiger partial charge in [0.05, 0.1) is 16.8 Å². The standard InChI is InChI=1S/C13H17NO4/c1-3-4-8-14(2)10-7-5-6-9(12(15)16)11(10)13(17)18/h5-7H,3-4,8H2,1-2H3,(H,15,16)(H,17,18). The Morgan fingerprint density at radius 3 is 2.39 bits per heavy atom. The van der Waals surface area contributed by atoms with Crippen LogP contribution < -0.4 is 4.90 Å². The van der Waals surface area contributed by atoms with E-state index in [1.807, 2.05) is 6.92 Å². The topological polar surface area (TPSA) is 77.8 Å². The average molecular weight is 251 g/mol. The first-order valence-corrected chi connectivity index (χ1v) is 5.79.